The first kappa shape index (κ1) is 23.8. The third-order valence-electron chi connectivity index (χ3n) is 7.48. The number of ether oxygens (including phenoxy) is 1. The Hall–Kier alpha value is -1.95. The Kier molecular flexibility index (Phi) is 6.97. The van der Waals surface area contributed by atoms with Crippen molar-refractivity contribution in [1.29, 1.82) is 0 Å². The highest BCUT2D eigenvalue weighted by molar-refractivity contribution is 6.42. The third-order valence-corrected chi connectivity index (χ3v) is 8.21. The van der Waals surface area contributed by atoms with Crippen LogP contribution in [0.5, 0.6) is 5.75 Å². The number of carbonyl (C=O) groups excluding carboxylic acids is 1. The van der Waals surface area contributed by atoms with Crippen molar-refractivity contribution in [2.24, 2.45) is 0 Å². The molecule has 2 heterocycles. The van der Waals surface area contributed by atoms with Gasteiger partial charge < -0.3 is 14.5 Å². The summed E-state index contributed by atoms with van der Waals surface area (Å²) in [5, 5.41) is 0.980. The standard InChI is InChI=1S/C27H33Cl2N3O2/c1-18(2)34-26-6-4-3-5-25(26)31-13-11-30(12-14-31)20-7-9-21(10-8-20)32-17-19-15-23(28)24(29)16-22(19)27(32)33/h3-6,15-16,18,20-21H,7-14,17H2,1-2H3. The fourth-order valence-electron chi connectivity index (χ4n) is 5.76. The average molecular weight is 502 g/mol. The summed E-state index contributed by atoms with van der Waals surface area (Å²) in [6, 6.07) is 12.9. The lowest BCUT2D eigenvalue weighted by Crippen LogP contribution is -2.52. The van der Waals surface area contributed by atoms with Gasteiger partial charge in [-0.05, 0) is 69.4 Å². The van der Waals surface area contributed by atoms with Gasteiger partial charge in [0.1, 0.15) is 5.75 Å². The SMILES string of the molecule is CC(C)Oc1ccccc1N1CCN(C2CCC(N3Cc4cc(Cl)c(Cl)cc4C3=O)CC2)CC1. The fraction of sp³-hybridized carbons (Fsp3) is 0.519. The lowest BCUT2D eigenvalue weighted by Gasteiger charge is -2.44. The normalized spacial score (nSPS) is 23.5. The molecule has 0 bridgehead atoms. The minimum atomic E-state index is 0.105. The zero-order chi connectivity index (χ0) is 23.8. The van der Waals surface area contributed by atoms with Gasteiger partial charge in [-0.15, -0.1) is 0 Å². The average Bonchev–Trinajstić information content (AvgIpc) is 3.15. The van der Waals surface area contributed by atoms with Crippen molar-refractivity contribution in [1.82, 2.24) is 9.80 Å². The number of rotatable bonds is 5. The number of fused-ring (bicyclic) bond motifs is 1. The molecule has 2 aromatic carbocycles. The Labute approximate surface area is 212 Å². The Bertz CT molecular complexity index is 1040. The number of carbonyl (C=O) groups is 1. The van der Waals surface area contributed by atoms with Gasteiger partial charge in [-0.25, -0.2) is 0 Å². The molecule has 1 aliphatic carbocycles. The van der Waals surface area contributed by atoms with E-state index in [1.807, 2.05) is 17.0 Å². The van der Waals surface area contributed by atoms with E-state index in [4.69, 9.17) is 27.9 Å². The summed E-state index contributed by atoms with van der Waals surface area (Å²) in [5.41, 5.74) is 2.92. The quantitative estimate of drug-likeness (QED) is 0.513. The zero-order valence-electron chi connectivity index (χ0n) is 20.0. The van der Waals surface area contributed by atoms with Gasteiger partial charge in [0.15, 0.2) is 0 Å². The van der Waals surface area contributed by atoms with Gasteiger partial charge in [0.05, 0.1) is 21.8 Å². The van der Waals surface area contributed by atoms with Crippen LogP contribution >= 0.6 is 23.2 Å². The van der Waals surface area contributed by atoms with E-state index in [9.17, 15) is 4.79 Å². The van der Waals surface area contributed by atoms with Crippen LogP contribution in [0.3, 0.4) is 0 Å². The number of piperazine rings is 1. The summed E-state index contributed by atoms with van der Waals surface area (Å²) in [6.07, 6.45) is 4.55. The van der Waals surface area contributed by atoms with E-state index in [1.54, 1.807) is 6.07 Å². The topological polar surface area (TPSA) is 36.0 Å². The van der Waals surface area contributed by atoms with Crippen LogP contribution in [0.15, 0.2) is 36.4 Å². The maximum Gasteiger partial charge on any atom is 0.254 e. The molecule has 2 aliphatic heterocycles. The molecule has 0 spiro atoms. The van der Waals surface area contributed by atoms with E-state index >= 15 is 0 Å². The summed E-state index contributed by atoms with van der Waals surface area (Å²) in [4.78, 5) is 20.2. The first-order valence-electron chi connectivity index (χ1n) is 12.4. The van der Waals surface area contributed by atoms with Gasteiger partial charge in [-0.3, -0.25) is 9.69 Å². The maximum absolute atomic E-state index is 13.0. The second kappa shape index (κ2) is 9.96. The lowest BCUT2D eigenvalue weighted by molar-refractivity contribution is 0.0577. The molecular weight excluding hydrogens is 469 g/mol. The molecule has 1 saturated heterocycles. The molecular formula is C27H33Cl2N3O2. The minimum absolute atomic E-state index is 0.105. The zero-order valence-corrected chi connectivity index (χ0v) is 21.5. The largest absolute Gasteiger partial charge is 0.489 e. The monoisotopic (exact) mass is 501 g/mol. The van der Waals surface area contributed by atoms with Gasteiger partial charge >= 0.3 is 0 Å². The Balaban J connectivity index is 1.15. The van der Waals surface area contributed by atoms with Crippen LogP contribution in [0, 0.1) is 0 Å². The van der Waals surface area contributed by atoms with Crippen LogP contribution in [0.25, 0.3) is 0 Å². The summed E-state index contributed by atoms with van der Waals surface area (Å²) >= 11 is 12.3. The van der Waals surface area contributed by atoms with Crippen molar-refractivity contribution in [2.75, 3.05) is 31.1 Å². The molecule has 0 radical (unpaired) electrons. The van der Waals surface area contributed by atoms with Crippen molar-refractivity contribution in [3.05, 3.63) is 57.6 Å². The van der Waals surface area contributed by atoms with E-state index < -0.39 is 0 Å². The molecule has 0 N–H and O–H groups in total. The van der Waals surface area contributed by atoms with E-state index in [1.165, 1.54) is 5.69 Å². The molecule has 0 atom stereocenters. The van der Waals surface area contributed by atoms with E-state index in [-0.39, 0.29) is 12.0 Å². The molecule has 5 rings (SSSR count). The van der Waals surface area contributed by atoms with Crippen LogP contribution < -0.4 is 9.64 Å². The van der Waals surface area contributed by atoms with Crippen molar-refractivity contribution in [3.8, 4) is 5.75 Å². The first-order chi connectivity index (χ1) is 16.4. The highest BCUT2D eigenvalue weighted by atomic mass is 35.5. The minimum Gasteiger partial charge on any atom is -0.489 e. The van der Waals surface area contributed by atoms with E-state index in [2.05, 4.69) is 41.8 Å². The van der Waals surface area contributed by atoms with Crippen molar-refractivity contribution in [2.45, 2.75) is 64.3 Å². The van der Waals surface area contributed by atoms with Gasteiger partial charge in [0.25, 0.3) is 5.91 Å². The van der Waals surface area contributed by atoms with E-state index in [0.717, 1.165) is 68.7 Å². The fourth-order valence-corrected chi connectivity index (χ4v) is 6.11. The number of hydrogen-bond acceptors (Lipinski definition) is 4. The molecule has 2 fully saturated rings. The molecule has 2 aromatic rings. The molecule has 7 heteroatoms. The second-order valence-corrected chi connectivity index (χ2v) is 10.8. The number of hydrogen-bond donors (Lipinski definition) is 0. The van der Waals surface area contributed by atoms with Crippen LogP contribution in [-0.2, 0) is 6.54 Å². The molecule has 182 valence electrons. The van der Waals surface area contributed by atoms with Gasteiger partial charge in [-0.1, -0.05) is 35.3 Å². The number of benzene rings is 2. The smallest absolute Gasteiger partial charge is 0.254 e. The van der Waals surface area contributed by atoms with Crippen LogP contribution in [0.2, 0.25) is 10.0 Å². The van der Waals surface area contributed by atoms with Gasteiger partial charge in [0.2, 0.25) is 0 Å². The molecule has 0 unspecified atom stereocenters. The van der Waals surface area contributed by atoms with Crippen LogP contribution in [0.1, 0.15) is 55.5 Å². The second-order valence-electron chi connectivity index (χ2n) is 9.98. The number of nitrogens with zero attached hydrogens (tertiary/aromatic N) is 3. The Morgan fingerprint density at radius 3 is 2.26 bits per heavy atom. The molecule has 3 aliphatic rings. The molecule has 1 amide bonds. The summed E-state index contributed by atoms with van der Waals surface area (Å²) < 4.78 is 6.05. The van der Waals surface area contributed by atoms with Crippen molar-refractivity contribution in [3.63, 3.8) is 0 Å². The van der Waals surface area contributed by atoms with Gasteiger partial charge in [0, 0.05) is 50.4 Å². The molecule has 1 saturated carbocycles. The third kappa shape index (κ3) is 4.75. The summed E-state index contributed by atoms with van der Waals surface area (Å²) in [5.74, 6) is 1.08. The Morgan fingerprint density at radius 1 is 0.912 bits per heavy atom. The maximum atomic E-state index is 13.0. The Morgan fingerprint density at radius 2 is 1.56 bits per heavy atom. The van der Waals surface area contributed by atoms with Crippen molar-refractivity contribution >= 4 is 34.8 Å². The van der Waals surface area contributed by atoms with E-state index in [0.29, 0.717) is 28.7 Å². The summed E-state index contributed by atoms with van der Waals surface area (Å²) in [7, 11) is 0. The number of para-hydroxylation sites is 2. The number of anilines is 1. The van der Waals surface area contributed by atoms with Crippen molar-refractivity contribution < 1.29 is 9.53 Å². The molecule has 0 aromatic heterocycles. The molecule has 5 nitrogen and oxygen atoms in total. The predicted molar refractivity (Wildman–Crippen MR) is 138 cm³/mol. The first-order valence-corrected chi connectivity index (χ1v) is 13.2. The summed E-state index contributed by atoms with van der Waals surface area (Å²) in [6.45, 7) is 8.96. The number of halogens is 2. The highest BCUT2D eigenvalue weighted by Crippen LogP contribution is 2.36. The predicted octanol–water partition coefficient (Wildman–Crippen LogP) is 5.87. The van der Waals surface area contributed by atoms with Crippen LogP contribution in [-0.4, -0.2) is 60.1 Å². The lowest BCUT2D eigenvalue weighted by atomic mass is 9.89. The van der Waals surface area contributed by atoms with Gasteiger partial charge in [-0.2, -0.15) is 0 Å². The number of amides is 1. The van der Waals surface area contributed by atoms with Crippen LogP contribution in [0.4, 0.5) is 5.69 Å². The molecule has 34 heavy (non-hydrogen) atoms. The highest BCUT2D eigenvalue weighted by Gasteiger charge is 2.37.